The van der Waals surface area contributed by atoms with Crippen LogP contribution in [0.3, 0.4) is 0 Å². The Bertz CT molecular complexity index is 1340. The molecule has 0 saturated carbocycles. The summed E-state index contributed by atoms with van der Waals surface area (Å²) in [5.74, 6) is -0.0528. The molecule has 5 heteroatoms. The maximum atomic E-state index is 6.69. The summed E-state index contributed by atoms with van der Waals surface area (Å²) in [5, 5.41) is 0.721. The third-order valence-corrected chi connectivity index (χ3v) is 7.91. The first-order valence-corrected chi connectivity index (χ1v) is 14.4. The van der Waals surface area contributed by atoms with Crippen LogP contribution in [-0.4, -0.2) is 19.3 Å². The molecule has 2 unspecified atom stereocenters. The number of hydrogen-bond acceptors (Lipinski definition) is 4. The average Bonchev–Trinajstić information content (AvgIpc) is 3.01. The molecule has 0 aliphatic carbocycles. The monoisotopic (exact) mass is 556 g/mol. The Labute approximate surface area is 242 Å². The molecule has 0 aromatic heterocycles. The molecule has 40 heavy (non-hydrogen) atoms. The van der Waals surface area contributed by atoms with Crippen LogP contribution in [0.1, 0.15) is 54.0 Å². The van der Waals surface area contributed by atoms with E-state index < -0.39 is 5.79 Å². The smallest absolute Gasteiger partial charge is 0.197 e. The second-order valence-electron chi connectivity index (χ2n) is 10.4. The molecule has 5 rings (SSSR count). The summed E-state index contributed by atoms with van der Waals surface area (Å²) >= 11 is 6.69. The van der Waals surface area contributed by atoms with Gasteiger partial charge in [-0.15, -0.1) is 0 Å². The Balaban J connectivity index is 1.29. The van der Waals surface area contributed by atoms with Crippen molar-refractivity contribution in [3.63, 3.8) is 0 Å². The summed E-state index contributed by atoms with van der Waals surface area (Å²) in [5.41, 5.74) is 5.44. The van der Waals surface area contributed by atoms with Gasteiger partial charge in [0.2, 0.25) is 0 Å². The van der Waals surface area contributed by atoms with E-state index in [0.717, 1.165) is 51.4 Å². The van der Waals surface area contributed by atoms with Crippen LogP contribution in [0.25, 0.3) is 0 Å². The maximum absolute atomic E-state index is 6.69. The number of ether oxygens (including phenoxy) is 4. The molecule has 0 amide bonds. The summed E-state index contributed by atoms with van der Waals surface area (Å²) in [4.78, 5) is 0. The molecule has 0 spiro atoms. The van der Waals surface area contributed by atoms with Gasteiger partial charge in [0.25, 0.3) is 0 Å². The largest absolute Gasteiger partial charge is 0.489 e. The van der Waals surface area contributed by atoms with E-state index in [9.17, 15) is 0 Å². The summed E-state index contributed by atoms with van der Waals surface area (Å²) in [6.45, 7) is 3.26. The highest BCUT2D eigenvalue weighted by atomic mass is 35.5. The standard InChI is InChI=1S/C35H37ClO4/c1-3-31-22-33(39-25-28-12-8-5-9-13-28)23-35(37-2,40-31)30-16-19-34(36)29(21-30)20-26-14-17-32(18-15-26)38-24-27-10-6-4-7-11-27/h4-19,21,31,33H,3,20,22-25H2,1-2H3/t31?,33?,35-/m1/s1. The fourth-order valence-electron chi connectivity index (χ4n) is 5.25. The maximum Gasteiger partial charge on any atom is 0.197 e. The topological polar surface area (TPSA) is 36.9 Å². The van der Waals surface area contributed by atoms with Crippen LogP contribution >= 0.6 is 11.6 Å². The fourth-order valence-corrected chi connectivity index (χ4v) is 5.44. The van der Waals surface area contributed by atoms with Crippen molar-refractivity contribution in [1.82, 2.24) is 0 Å². The summed E-state index contributed by atoms with van der Waals surface area (Å²) in [6, 6.07) is 34.7. The molecule has 1 heterocycles. The molecule has 208 valence electrons. The SMILES string of the molecule is CCC1CC(OCc2ccccc2)C[C@](OC)(c2ccc(Cl)c(Cc3ccc(OCc4ccccc4)cc3)c2)O1. The molecule has 0 N–H and O–H groups in total. The highest BCUT2D eigenvalue weighted by molar-refractivity contribution is 6.31. The van der Waals surface area contributed by atoms with Crippen LogP contribution in [0, 0.1) is 0 Å². The van der Waals surface area contributed by atoms with Gasteiger partial charge in [0, 0.05) is 30.5 Å². The molecule has 1 aliphatic heterocycles. The van der Waals surface area contributed by atoms with E-state index in [-0.39, 0.29) is 12.2 Å². The molecule has 4 aromatic carbocycles. The minimum absolute atomic E-state index is 0.0152. The lowest BCUT2D eigenvalue weighted by molar-refractivity contribution is -0.299. The quantitative estimate of drug-likeness (QED) is 0.186. The van der Waals surface area contributed by atoms with Crippen molar-refractivity contribution in [2.45, 2.75) is 63.8 Å². The number of hydrogen-bond donors (Lipinski definition) is 0. The van der Waals surface area contributed by atoms with E-state index >= 15 is 0 Å². The molecule has 1 fully saturated rings. The van der Waals surface area contributed by atoms with Crippen molar-refractivity contribution in [1.29, 1.82) is 0 Å². The zero-order valence-corrected chi connectivity index (χ0v) is 24.0. The van der Waals surface area contributed by atoms with E-state index in [1.807, 2.05) is 60.7 Å². The van der Waals surface area contributed by atoms with Crippen molar-refractivity contribution in [3.8, 4) is 5.75 Å². The van der Waals surface area contributed by atoms with Gasteiger partial charge in [-0.2, -0.15) is 0 Å². The molecule has 1 aliphatic rings. The van der Waals surface area contributed by atoms with Crippen LogP contribution < -0.4 is 4.74 Å². The molecular formula is C35H37ClO4. The number of rotatable bonds is 11. The highest BCUT2D eigenvalue weighted by Crippen LogP contribution is 2.42. The molecule has 3 atom stereocenters. The Morgan fingerprint density at radius 1 is 0.825 bits per heavy atom. The predicted octanol–water partition coefficient (Wildman–Crippen LogP) is 8.48. The van der Waals surface area contributed by atoms with Crippen molar-refractivity contribution in [2.24, 2.45) is 0 Å². The summed E-state index contributed by atoms with van der Waals surface area (Å²) in [6.07, 6.45) is 3.08. The van der Waals surface area contributed by atoms with Crippen LogP contribution in [0.5, 0.6) is 5.75 Å². The molecule has 4 aromatic rings. The average molecular weight is 557 g/mol. The highest BCUT2D eigenvalue weighted by Gasteiger charge is 2.43. The third-order valence-electron chi connectivity index (χ3n) is 7.54. The van der Waals surface area contributed by atoms with Gasteiger partial charge in [-0.3, -0.25) is 0 Å². The van der Waals surface area contributed by atoms with E-state index in [2.05, 4.69) is 49.4 Å². The fraction of sp³-hybridized carbons (Fsp3) is 0.314. The van der Waals surface area contributed by atoms with Gasteiger partial charge in [0.05, 0.1) is 18.8 Å². The lowest BCUT2D eigenvalue weighted by atomic mass is 9.90. The van der Waals surface area contributed by atoms with E-state index in [1.165, 1.54) is 0 Å². The zero-order chi connectivity index (χ0) is 27.8. The van der Waals surface area contributed by atoms with Gasteiger partial charge in [-0.1, -0.05) is 97.4 Å². The zero-order valence-electron chi connectivity index (χ0n) is 23.2. The van der Waals surface area contributed by atoms with Crippen molar-refractivity contribution in [2.75, 3.05) is 7.11 Å². The van der Waals surface area contributed by atoms with Gasteiger partial charge in [0.15, 0.2) is 5.79 Å². The molecule has 0 radical (unpaired) electrons. The van der Waals surface area contributed by atoms with Gasteiger partial charge >= 0.3 is 0 Å². The number of halogens is 1. The molecular weight excluding hydrogens is 520 g/mol. The second-order valence-corrected chi connectivity index (χ2v) is 10.8. The lowest BCUT2D eigenvalue weighted by Crippen LogP contribution is -2.46. The molecule has 0 bridgehead atoms. The van der Waals surface area contributed by atoms with Crippen molar-refractivity contribution < 1.29 is 18.9 Å². The molecule has 4 nitrogen and oxygen atoms in total. The second kappa shape index (κ2) is 13.5. The Morgan fingerprint density at radius 3 is 2.15 bits per heavy atom. The molecule has 1 saturated heterocycles. The van der Waals surface area contributed by atoms with Gasteiger partial charge in [-0.25, -0.2) is 0 Å². The summed E-state index contributed by atoms with van der Waals surface area (Å²) in [7, 11) is 1.72. The Kier molecular flexibility index (Phi) is 9.56. The van der Waals surface area contributed by atoms with Crippen LogP contribution in [0.4, 0.5) is 0 Å². The summed E-state index contributed by atoms with van der Waals surface area (Å²) < 4.78 is 25.1. The first kappa shape index (κ1) is 28.4. The first-order valence-electron chi connectivity index (χ1n) is 14.0. The predicted molar refractivity (Wildman–Crippen MR) is 160 cm³/mol. The van der Waals surface area contributed by atoms with Gasteiger partial charge in [-0.05, 0) is 59.4 Å². The minimum atomic E-state index is -0.894. The van der Waals surface area contributed by atoms with Gasteiger partial charge < -0.3 is 18.9 Å². The van der Waals surface area contributed by atoms with E-state index in [1.54, 1.807) is 7.11 Å². The number of methoxy groups -OCH3 is 1. The van der Waals surface area contributed by atoms with Crippen LogP contribution in [0.2, 0.25) is 5.02 Å². The Morgan fingerprint density at radius 2 is 1.50 bits per heavy atom. The third kappa shape index (κ3) is 7.13. The van der Waals surface area contributed by atoms with Crippen LogP contribution in [-0.2, 0) is 39.6 Å². The van der Waals surface area contributed by atoms with Crippen LogP contribution in [0.15, 0.2) is 103 Å². The number of benzene rings is 4. The Hall–Kier alpha value is -3.15. The minimum Gasteiger partial charge on any atom is -0.489 e. The van der Waals surface area contributed by atoms with Gasteiger partial charge in [0.1, 0.15) is 12.4 Å². The van der Waals surface area contributed by atoms with Crippen molar-refractivity contribution in [3.05, 3.63) is 136 Å². The first-order chi connectivity index (χ1) is 19.6. The lowest BCUT2D eigenvalue weighted by Gasteiger charge is -2.43. The van der Waals surface area contributed by atoms with E-state index in [0.29, 0.717) is 26.1 Å². The van der Waals surface area contributed by atoms with E-state index in [4.69, 9.17) is 30.5 Å². The van der Waals surface area contributed by atoms with Crippen molar-refractivity contribution >= 4 is 11.6 Å². The normalized spacial score (nSPS) is 20.8.